The smallest absolute Gasteiger partial charge is 0.120 e. The third kappa shape index (κ3) is 3.73. The van der Waals surface area contributed by atoms with Crippen LogP contribution in [-0.2, 0) is 12.0 Å². The molecule has 1 aliphatic carbocycles. The first-order chi connectivity index (χ1) is 8.98. The largest absolute Gasteiger partial charge is 0.508 e. The monoisotopic (exact) mass is 261 g/mol. The molecule has 19 heavy (non-hydrogen) atoms. The van der Waals surface area contributed by atoms with E-state index in [1.807, 2.05) is 6.07 Å². The first kappa shape index (κ1) is 14.4. The SMILES string of the molecule is CC(C)(C)c1cccc(O)c1CNC1CCCCC1. The molecule has 2 N–H and O–H groups in total. The van der Waals surface area contributed by atoms with Crippen LogP contribution in [-0.4, -0.2) is 11.1 Å². The van der Waals surface area contributed by atoms with Crippen LogP contribution >= 0.6 is 0 Å². The van der Waals surface area contributed by atoms with E-state index in [-0.39, 0.29) is 5.41 Å². The van der Waals surface area contributed by atoms with Gasteiger partial charge in [-0.15, -0.1) is 0 Å². The van der Waals surface area contributed by atoms with Crippen LogP contribution in [0, 0.1) is 0 Å². The summed E-state index contributed by atoms with van der Waals surface area (Å²) in [5, 5.41) is 13.8. The average Bonchev–Trinajstić information content (AvgIpc) is 2.37. The van der Waals surface area contributed by atoms with Gasteiger partial charge in [0.05, 0.1) is 0 Å². The van der Waals surface area contributed by atoms with Crippen molar-refractivity contribution >= 4 is 0 Å². The van der Waals surface area contributed by atoms with Gasteiger partial charge in [0.1, 0.15) is 5.75 Å². The molecule has 2 nitrogen and oxygen atoms in total. The Kier molecular flexibility index (Phi) is 4.51. The minimum Gasteiger partial charge on any atom is -0.508 e. The summed E-state index contributed by atoms with van der Waals surface area (Å²) in [4.78, 5) is 0. The van der Waals surface area contributed by atoms with Crippen LogP contribution in [0.25, 0.3) is 0 Å². The molecular weight excluding hydrogens is 234 g/mol. The van der Waals surface area contributed by atoms with Crippen molar-refractivity contribution in [1.82, 2.24) is 5.32 Å². The first-order valence-corrected chi connectivity index (χ1v) is 7.53. The number of phenolic OH excluding ortho intramolecular Hbond substituents is 1. The maximum Gasteiger partial charge on any atom is 0.120 e. The van der Waals surface area contributed by atoms with E-state index in [1.165, 1.54) is 37.7 Å². The lowest BCUT2D eigenvalue weighted by atomic mass is 9.83. The molecule has 1 aromatic carbocycles. The molecule has 0 heterocycles. The lowest BCUT2D eigenvalue weighted by molar-refractivity contribution is 0.367. The van der Waals surface area contributed by atoms with Crippen molar-refractivity contribution in [1.29, 1.82) is 0 Å². The summed E-state index contributed by atoms with van der Waals surface area (Å²) in [6, 6.07) is 6.51. The molecule has 1 aliphatic rings. The second-order valence-corrected chi connectivity index (χ2v) is 6.77. The second kappa shape index (κ2) is 5.96. The number of nitrogens with one attached hydrogen (secondary N) is 1. The van der Waals surface area contributed by atoms with Crippen molar-refractivity contribution < 1.29 is 5.11 Å². The van der Waals surface area contributed by atoms with E-state index in [1.54, 1.807) is 6.07 Å². The number of rotatable bonds is 3. The molecule has 2 rings (SSSR count). The van der Waals surface area contributed by atoms with Crippen molar-refractivity contribution in [2.45, 2.75) is 70.9 Å². The summed E-state index contributed by atoms with van der Waals surface area (Å²) in [5.41, 5.74) is 2.39. The zero-order chi connectivity index (χ0) is 13.9. The predicted octanol–water partition coefficient (Wildman–Crippen LogP) is 4.11. The zero-order valence-corrected chi connectivity index (χ0v) is 12.5. The number of aromatic hydroxyl groups is 1. The van der Waals surface area contributed by atoms with Gasteiger partial charge in [-0.3, -0.25) is 0 Å². The highest BCUT2D eigenvalue weighted by Crippen LogP contribution is 2.31. The van der Waals surface area contributed by atoms with Gasteiger partial charge >= 0.3 is 0 Å². The summed E-state index contributed by atoms with van der Waals surface area (Å²) in [5.74, 6) is 0.427. The Bertz CT molecular complexity index is 414. The Labute approximate surface area is 117 Å². The van der Waals surface area contributed by atoms with Gasteiger partial charge in [-0.05, 0) is 29.9 Å². The predicted molar refractivity (Wildman–Crippen MR) is 80.5 cm³/mol. The highest BCUT2D eigenvalue weighted by atomic mass is 16.3. The van der Waals surface area contributed by atoms with E-state index >= 15 is 0 Å². The van der Waals surface area contributed by atoms with E-state index < -0.39 is 0 Å². The number of hydrogen-bond acceptors (Lipinski definition) is 2. The molecule has 0 radical (unpaired) electrons. The maximum absolute atomic E-state index is 10.1. The third-order valence-corrected chi connectivity index (χ3v) is 4.13. The van der Waals surface area contributed by atoms with Crippen molar-refractivity contribution in [3.8, 4) is 5.75 Å². The lowest BCUT2D eigenvalue weighted by Gasteiger charge is -2.27. The normalized spacial score (nSPS) is 17.6. The van der Waals surface area contributed by atoms with Gasteiger partial charge in [0, 0.05) is 18.2 Å². The van der Waals surface area contributed by atoms with Crippen LogP contribution in [0.1, 0.15) is 64.0 Å². The van der Waals surface area contributed by atoms with Crippen LogP contribution in [0.4, 0.5) is 0 Å². The third-order valence-electron chi connectivity index (χ3n) is 4.13. The van der Waals surface area contributed by atoms with Gasteiger partial charge < -0.3 is 10.4 Å². The van der Waals surface area contributed by atoms with E-state index in [0.717, 1.165) is 12.1 Å². The molecule has 0 bridgehead atoms. The van der Waals surface area contributed by atoms with Gasteiger partial charge in [0.25, 0.3) is 0 Å². The number of benzene rings is 1. The molecule has 1 saturated carbocycles. The fourth-order valence-corrected chi connectivity index (χ4v) is 3.02. The fraction of sp³-hybridized carbons (Fsp3) is 0.647. The van der Waals surface area contributed by atoms with E-state index in [0.29, 0.717) is 11.8 Å². The van der Waals surface area contributed by atoms with E-state index in [9.17, 15) is 5.11 Å². The molecule has 0 saturated heterocycles. The molecule has 0 unspecified atom stereocenters. The molecule has 1 fully saturated rings. The van der Waals surface area contributed by atoms with Crippen LogP contribution in [0.2, 0.25) is 0 Å². The number of phenols is 1. The Morgan fingerprint density at radius 3 is 2.47 bits per heavy atom. The number of hydrogen-bond donors (Lipinski definition) is 2. The molecule has 0 spiro atoms. The molecule has 0 amide bonds. The van der Waals surface area contributed by atoms with Gasteiger partial charge in [-0.25, -0.2) is 0 Å². The Morgan fingerprint density at radius 2 is 1.84 bits per heavy atom. The van der Waals surface area contributed by atoms with Crippen molar-refractivity contribution in [2.75, 3.05) is 0 Å². The molecule has 106 valence electrons. The Morgan fingerprint density at radius 1 is 1.16 bits per heavy atom. The average molecular weight is 261 g/mol. The van der Waals surface area contributed by atoms with Crippen LogP contribution in [0.5, 0.6) is 5.75 Å². The van der Waals surface area contributed by atoms with Crippen LogP contribution in [0.15, 0.2) is 18.2 Å². The Hall–Kier alpha value is -1.02. The van der Waals surface area contributed by atoms with Crippen molar-refractivity contribution in [2.24, 2.45) is 0 Å². The highest BCUT2D eigenvalue weighted by molar-refractivity contribution is 5.42. The van der Waals surface area contributed by atoms with E-state index in [2.05, 4.69) is 32.2 Å². The van der Waals surface area contributed by atoms with Crippen molar-refractivity contribution in [3.63, 3.8) is 0 Å². The molecule has 0 atom stereocenters. The minimum atomic E-state index is 0.0717. The van der Waals surface area contributed by atoms with Gasteiger partial charge in [0.2, 0.25) is 0 Å². The summed E-state index contributed by atoms with van der Waals surface area (Å²) in [6.07, 6.45) is 6.61. The topological polar surface area (TPSA) is 32.3 Å². The van der Waals surface area contributed by atoms with Gasteiger partial charge in [0.15, 0.2) is 0 Å². The lowest BCUT2D eigenvalue weighted by Crippen LogP contribution is -2.31. The van der Waals surface area contributed by atoms with Gasteiger partial charge in [-0.1, -0.05) is 52.2 Å². The molecule has 0 aliphatic heterocycles. The summed E-state index contributed by atoms with van der Waals surface area (Å²) >= 11 is 0. The maximum atomic E-state index is 10.1. The second-order valence-electron chi connectivity index (χ2n) is 6.77. The Balaban J connectivity index is 2.10. The van der Waals surface area contributed by atoms with Crippen molar-refractivity contribution in [3.05, 3.63) is 29.3 Å². The van der Waals surface area contributed by atoms with E-state index in [4.69, 9.17) is 0 Å². The summed E-state index contributed by atoms with van der Waals surface area (Å²) in [7, 11) is 0. The summed E-state index contributed by atoms with van der Waals surface area (Å²) in [6.45, 7) is 7.38. The van der Waals surface area contributed by atoms with Crippen LogP contribution in [0.3, 0.4) is 0 Å². The molecular formula is C17H27NO. The first-order valence-electron chi connectivity index (χ1n) is 7.53. The molecule has 0 aromatic heterocycles. The quantitative estimate of drug-likeness (QED) is 0.858. The fourth-order valence-electron chi connectivity index (χ4n) is 3.02. The minimum absolute atomic E-state index is 0.0717. The zero-order valence-electron chi connectivity index (χ0n) is 12.5. The standard InChI is InChI=1S/C17H27NO/c1-17(2,3)15-10-7-11-16(19)14(15)12-18-13-8-5-4-6-9-13/h7,10-11,13,18-19H,4-6,8-9,12H2,1-3H3. The summed E-state index contributed by atoms with van der Waals surface area (Å²) < 4.78 is 0. The van der Waals surface area contributed by atoms with Gasteiger partial charge in [-0.2, -0.15) is 0 Å². The molecule has 1 aromatic rings. The van der Waals surface area contributed by atoms with Crippen LogP contribution < -0.4 is 5.32 Å². The highest BCUT2D eigenvalue weighted by Gasteiger charge is 2.21. The molecule has 2 heteroatoms.